The summed E-state index contributed by atoms with van der Waals surface area (Å²) in [7, 11) is -4.27. The number of nitrogens with zero attached hydrogens (tertiary/aromatic N) is 4. The van der Waals surface area contributed by atoms with Crippen LogP contribution in [0.15, 0.2) is 108 Å². The van der Waals surface area contributed by atoms with E-state index in [1.165, 1.54) is 28.6 Å². The molecule has 15 heteroatoms. The van der Waals surface area contributed by atoms with Gasteiger partial charge in [-0.25, -0.2) is 13.2 Å². The number of carbonyl (C=O) groups excluding carboxylic acids is 1. The topological polar surface area (TPSA) is 128 Å². The number of para-hydroxylation sites is 2. The molecule has 0 aromatic heterocycles. The molecule has 0 radical (unpaired) electrons. The van der Waals surface area contributed by atoms with Crippen molar-refractivity contribution in [1.82, 2.24) is 9.21 Å². The lowest BCUT2D eigenvalue weighted by atomic mass is 10.2. The summed E-state index contributed by atoms with van der Waals surface area (Å²) in [4.78, 5) is 27.3. The number of hydrogen-bond donors (Lipinski definition) is 2. The van der Waals surface area contributed by atoms with Crippen molar-refractivity contribution in [1.29, 1.82) is 0 Å². The Labute approximate surface area is 299 Å². The van der Waals surface area contributed by atoms with Crippen LogP contribution in [0, 0.1) is 10.1 Å². The van der Waals surface area contributed by atoms with E-state index in [9.17, 15) is 23.3 Å². The van der Waals surface area contributed by atoms with Crippen molar-refractivity contribution < 1.29 is 18.1 Å². The van der Waals surface area contributed by atoms with Crippen LogP contribution in [0.3, 0.4) is 0 Å². The maximum atomic E-state index is 13.8. The zero-order chi connectivity index (χ0) is 35.1. The molecule has 1 aliphatic rings. The molecular formula is C34H33Cl3N6O5S. The number of anilines is 3. The molecule has 4 aromatic carbocycles. The van der Waals surface area contributed by atoms with Crippen LogP contribution in [0.5, 0.6) is 0 Å². The molecule has 4 aromatic rings. The molecule has 1 heterocycles. The second kappa shape index (κ2) is 15.9. The summed E-state index contributed by atoms with van der Waals surface area (Å²) in [6, 6.07) is 24.6. The highest BCUT2D eigenvalue weighted by atomic mass is 35.5. The number of amides is 2. The van der Waals surface area contributed by atoms with Crippen LogP contribution in [0.25, 0.3) is 0 Å². The standard InChI is InChI=1S/C34H33Cl3N6O5S/c1-24(16-17-42(23-25-6-4-7-26(35)22-25)49(47,48)32-11-3-2-10-31(32)43(45)46)38-27-12-14-28(15-13-27)40-18-20-41(21-19-40)34(44)39-33-29(36)8-5-9-30(33)37/h2-15,22,38H,1,16-21,23H2,(H,39,44). The number of benzene rings is 4. The van der Waals surface area contributed by atoms with E-state index in [0.29, 0.717) is 58.2 Å². The molecule has 0 unspecified atom stereocenters. The Morgan fingerprint density at radius 2 is 1.53 bits per heavy atom. The van der Waals surface area contributed by atoms with Crippen LogP contribution in [0.1, 0.15) is 12.0 Å². The molecule has 0 spiro atoms. The third-order valence-electron chi connectivity index (χ3n) is 7.91. The SMILES string of the molecule is C=C(CCN(Cc1cccc(Cl)c1)S(=O)(=O)c1ccccc1[N+](=O)[O-])Nc1ccc(N2CCN(C(=O)Nc3c(Cl)cccc3Cl)CC2)cc1. The van der Waals surface area contributed by atoms with Crippen molar-refractivity contribution in [3.63, 3.8) is 0 Å². The van der Waals surface area contributed by atoms with Crippen LogP contribution in [0.2, 0.25) is 15.1 Å². The van der Waals surface area contributed by atoms with Crippen LogP contribution in [0.4, 0.5) is 27.5 Å². The number of hydrogen-bond acceptors (Lipinski definition) is 7. The highest BCUT2D eigenvalue weighted by Crippen LogP contribution is 2.31. The van der Waals surface area contributed by atoms with Crippen LogP contribution < -0.4 is 15.5 Å². The number of urea groups is 1. The van der Waals surface area contributed by atoms with Gasteiger partial charge in [0.05, 0.1) is 20.7 Å². The Kier molecular flexibility index (Phi) is 11.7. The molecule has 0 saturated carbocycles. The average molecular weight is 744 g/mol. The van der Waals surface area contributed by atoms with E-state index >= 15 is 0 Å². The van der Waals surface area contributed by atoms with E-state index in [-0.39, 0.29) is 30.4 Å². The second-order valence-corrected chi connectivity index (χ2v) is 14.4. The number of rotatable bonds is 12. The number of carbonyl (C=O) groups is 1. The maximum absolute atomic E-state index is 13.8. The highest BCUT2D eigenvalue weighted by Gasteiger charge is 2.31. The van der Waals surface area contributed by atoms with Gasteiger partial charge in [0, 0.05) is 73.9 Å². The van der Waals surface area contributed by atoms with Gasteiger partial charge in [0.25, 0.3) is 5.69 Å². The van der Waals surface area contributed by atoms with Gasteiger partial charge in [0.2, 0.25) is 10.0 Å². The molecule has 2 amide bonds. The van der Waals surface area contributed by atoms with Gasteiger partial charge in [-0.15, -0.1) is 0 Å². The van der Waals surface area contributed by atoms with Gasteiger partial charge >= 0.3 is 6.03 Å². The first-order valence-corrected chi connectivity index (χ1v) is 17.8. The quantitative estimate of drug-likeness (QED) is 0.111. The average Bonchev–Trinajstić information content (AvgIpc) is 3.08. The normalized spacial score (nSPS) is 13.3. The first-order valence-electron chi connectivity index (χ1n) is 15.2. The fraction of sp³-hybridized carbons (Fsp3) is 0.206. The van der Waals surface area contributed by atoms with E-state index in [2.05, 4.69) is 22.1 Å². The summed E-state index contributed by atoms with van der Waals surface area (Å²) in [5.41, 5.74) is 2.82. The van der Waals surface area contributed by atoms with E-state index in [1.807, 2.05) is 24.3 Å². The molecule has 0 atom stereocenters. The van der Waals surface area contributed by atoms with Crippen LogP contribution in [-0.2, 0) is 16.6 Å². The monoisotopic (exact) mass is 742 g/mol. The highest BCUT2D eigenvalue weighted by molar-refractivity contribution is 7.89. The van der Waals surface area contributed by atoms with Crippen molar-refractivity contribution >= 4 is 73.6 Å². The first kappa shape index (κ1) is 36.0. The van der Waals surface area contributed by atoms with Gasteiger partial charge in [-0.3, -0.25) is 10.1 Å². The molecule has 5 rings (SSSR count). The predicted octanol–water partition coefficient (Wildman–Crippen LogP) is 8.12. The lowest BCUT2D eigenvalue weighted by molar-refractivity contribution is -0.387. The third kappa shape index (κ3) is 9.02. The summed E-state index contributed by atoms with van der Waals surface area (Å²) in [6.07, 6.45) is 0.228. The number of piperazine rings is 1. The van der Waals surface area contributed by atoms with Gasteiger partial charge in [-0.05, 0) is 60.2 Å². The molecular weight excluding hydrogens is 711 g/mol. The van der Waals surface area contributed by atoms with Gasteiger partial charge in [0.1, 0.15) is 0 Å². The van der Waals surface area contributed by atoms with Crippen molar-refractivity contribution in [3.8, 4) is 0 Å². The number of nitro benzene ring substituents is 1. The summed E-state index contributed by atoms with van der Waals surface area (Å²) >= 11 is 18.5. The smallest absolute Gasteiger partial charge is 0.322 e. The van der Waals surface area contributed by atoms with E-state index in [1.54, 1.807) is 47.4 Å². The van der Waals surface area contributed by atoms with Crippen molar-refractivity contribution in [2.45, 2.75) is 17.9 Å². The summed E-state index contributed by atoms with van der Waals surface area (Å²) < 4.78 is 28.7. The molecule has 11 nitrogen and oxygen atoms in total. The third-order valence-corrected chi connectivity index (χ3v) is 10.7. The van der Waals surface area contributed by atoms with E-state index < -0.39 is 20.6 Å². The maximum Gasteiger partial charge on any atom is 0.322 e. The van der Waals surface area contributed by atoms with Crippen LogP contribution in [-0.4, -0.2) is 61.3 Å². The van der Waals surface area contributed by atoms with Crippen molar-refractivity contribution in [3.05, 3.63) is 134 Å². The Balaban J connectivity index is 1.19. The molecule has 256 valence electrons. The van der Waals surface area contributed by atoms with Gasteiger partial charge in [-0.2, -0.15) is 4.31 Å². The largest absolute Gasteiger partial charge is 0.368 e. The number of halogens is 3. The van der Waals surface area contributed by atoms with Gasteiger partial charge < -0.3 is 20.4 Å². The summed E-state index contributed by atoms with van der Waals surface area (Å²) in [5, 5.41) is 18.9. The summed E-state index contributed by atoms with van der Waals surface area (Å²) in [5.74, 6) is 0. The lowest BCUT2D eigenvalue weighted by Crippen LogP contribution is -2.50. The number of sulfonamides is 1. The minimum absolute atomic E-state index is 0.00531. The Morgan fingerprint density at radius 3 is 2.18 bits per heavy atom. The predicted molar refractivity (Wildman–Crippen MR) is 195 cm³/mol. The molecule has 1 saturated heterocycles. The summed E-state index contributed by atoms with van der Waals surface area (Å²) in [6.45, 7) is 6.31. The van der Waals surface area contributed by atoms with E-state index in [0.717, 1.165) is 11.4 Å². The molecule has 0 aliphatic carbocycles. The minimum Gasteiger partial charge on any atom is -0.368 e. The van der Waals surface area contributed by atoms with Gasteiger partial charge in [0.15, 0.2) is 4.90 Å². The lowest BCUT2D eigenvalue weighted by Gasteiger charge is -2.36. The Hall–Kier alpha value is -4.33. The van der Waals surface area contributed by atoms with Crippen LogP contribution >= 0.6 is 34.8 Å². The van der Waals surface area contributed by atoms with E-state index in [4.69, 9.17) is 34.8 Å². The minimum atomic E-state index is -4.27. The second-order valence-electron chi connectivity index (χ2n) is 11.2. The van der Waals surface area contributed by atoms with Crippen molar-refractivity contribution in [2.75, 3.05) is 48.3 Å². The molecule has 1 aliphatic heterocycles. The number of nitro groups is 1. The zero-order valence-electron chi connectivity index (χ0n) is 26.2. The van der Waals surface area contributed by atoms with Crippen molar-refractivity contribution in [2.24, 2.45) is 0 Å². The molecule has 1 fully saturated rings. The molecule has 0 bridgehead atoms. The molecule has 2 N–H and O–H groups in total. The first-order chi connectivity index (χ1) is 23.4. The zero-order valence-corrected chi connectivity index (χ0v) is 29.3. The number of nitrogens with one attached hydrogen (secondary N) is 2. The fourth-order valence-electron chi connectivity index (χ4n) is 5.34. The van der Waals surface area contributed by atoms with Gasteiger partial charge in [-0.1, -0.05) is 71.7 Å². The molecule has 49 heavy (non-hydrogen) atoms. The fourth-order valence-corrected chi connectivity index (χ4v) is 7.63. The Morgan fingerprint density at radius 1 is 0.878 bits per heavy atom. The Bertz CT molecular complexity index is 1930.